The lowest BCUT2D eigenvalue weighted by atomic mass is 10.0. The highest BCUT2D eigenvalue weighted by Gasteiger charge is 2.33. The molecule has 30 heavy (non-hydrogen) atoms. The molecule has 0 radical (unpaired) electrons. The topological polar surface area (TPSA) is 85.1 Å². The van der Waals surface area contributed by atoms with Crippen molar-refractivity contribution in [3.63, 3.8) is 0 Å². The summed E-state index contributed by atoms with van der Waals surface area (Å²) in [6.07, 6.45) is -0.680. The van der Waals surface area contributed by atoms with E-state index in [1.807, 2.05) is 13.8 Å². The number of anilines is 1. The first kappa shape index (κ1) is 20.9. The number of nitrogens with one attached hydrogen (secondary N) is 1. The van der Waals surface area contributed by atoms with Crippen molar-refractivity contribution in [3.8, 4) is 11.3 Å². The highest BCUT2D eigenvalue weighted by Crippen LogP contribution is 2.36. The predicted octanol–water partition coefficient (Wildman–Crippen LogP) is 4.08. The summed E-state index contributed by atoms with van der Waals surface area (Å²) in [6.45, 7) is 3.69. The number of hydrogen-bond acceptors (Lipinski definition) is 5. The number of fused-ring (bicyclic) bond motifs is 1. The Morgan fingerprint density at radius 1 is 1.07 bits per heavy atom. The minimum Gasteiger partial charge on any atom is -0.312 e. The fourth-order valence-corrected chi connectivity index (χ4v) is 2.69. The quantitative estimate of drug-likeness (QED) is 0.511. The summed E-state index contributed by atoms with van der Waals surface area (Å²) in [6, 6.07) is 10.3. The van der Waals surface area contributed by atoms with E-state index >= 15 is 0 Å². The standard InChI is InChI=1S/C15H12F3N3.C5H5N3O/c1-9-10(2)20-21-8-7-13(19-14(9)21)11-5-3-4-6-12(11)15(16,17)18;9-4-6-5-2-1-3-7-8-5/h3-8H,1-2H3;1-4H,(H,6,8,9). The van der Waals surface area contributed by atoms with E-state index in [0.29, 0.717) is 23.6 Å². The minimum absolute atomic E-state index is 0.0748. The lowest BCUT2D eigenvalue weighted by molar-refractivity contribution is -0.137. The van der Waals surface area contributed by atoms with Crippen molar-refractivity contribution in [2.24, 2.45) is 0 Å². The van der Waals surface area contributed by atoms with Crippen molar-refractivity contribution in [1.82, 2.24) is 24.8 Å². The molecule has 1 N–H and O–H groups in total. The van der Waals surface area contributed by atoms with Gasteiger partial charge >= 0.3 is 6.18 Å². The molecule has 0 aliphatic rings. The number of aromatic nitrogens is 5. The molecule has 0 aliphatic heterocycles. The van der Waals surface area contributed by atoms with Gasteiger partial charge in [0.15, 0.2) is 11.5 Å². The third kappa shape index (κ3) is 4.59. The van der Waals surface area contributed by atoms with Gasteiger partial charge in [-0.3, -0.25) is 4.79 Å². The number of carbonyl (C=O) groups is 1. The van der Waals surface area contributed by atoms with Crippen LogP contribution in [-0.4, -0.2) is 31.2 Å². The maximum Gasteiger partial charge on any atom is 0.417 e. The molecular weight excluding hydrogens is 397 g/mol. The van der Waals surface area contributed by atoms with Crippen molar-refractivity contribution < 1.29 is 18.0 Å². The van der Waals surface area contributed by atoms with Gasteiger partial charge in [0, 0.05) is 23.5 Å². The second kappa shape index (κ2) is 8.68. The number of halogens is 3. The molecule has 4 rings (SSSR count). The van der Waals surface area contributed by atoms with E-state index in [-0.39, 0.29) is 5.56 Å². The van der Waals surface area contributed by atoms with Crippen molar-refractivity contribution in [2.75, 3.05) is 5.32 Å². The summed E-state index contributed by atoms with van der Waals surface area (Å²) in [7, 11) is 0. The molecule has 0 atom stereocenters. The van der Waals surface area contributed by atoms with Gasteiger partial charge in [0.25, 0.3) is 0 Å². The molecular formula is C20H17F3N6O. The number of benzene rings is 1. The van der Waals surface area contributed by atoms with E-state index in [9.17, 15) is 18.0 Å². The molecule has 0 fully saturated rings. The zero-order valence-electron chi connectivity index (χ0n) is 16.1. The maximum atomic E-state index is 13.1. The van der Waals surface area contributed by atoms with E-state index in [1.54, 1.807) is 35.0 Å². The lowest BCUT2D eigenvalue weighted by Crippen LogP contribution is -2.07. The van der Waals surface area contributed by atoms with Crippen LogP contribution in [0.15, 0.2) is 54.9 Å². The second-order valence-electron chi connectivity index (χ2n) is 6.21. The number of hydrogen-bond donors (Lipinski definition) is 1. The Morgan fingerprint density at radius 3 is 2.50 bits per heavy atom. The van der Waals surface area contributed by atoms with Gasteiger partial charge in [-0.15, -0.1) is 5.10 Å². The lowest BCUT2D eigenvalue weighted by Gasteiger charge is -2.12. The summed E-state index contributed by atoms with van der Waals surface area (Å²) in [4.78, 5) is 14.1. The molecule has 1 aromatic carbocycles. The second-order valence-corrected chi connectivity index (χ2v) is 6.21. The molecule has 4 aromatic rings. The van der Waals surface area contributed by atoms with Crippen LogP contribution in [0, 0.1) is 13.8 Å². The first-order valence-electron chi connectivity index (χ1n) is 8.78. The van der Waals surface area contributed by atoms with Gasteiger partial charge in [-0.25, -0.2) is 9.50 Å². The number of alkyl halides is 3. The van der Waals surface area contributed by atoms with Crippen LogP contribution in [0.25, 0.3) is 16.9 Å². The summed E-state index contributed by atoms with van der Waals surface area (Å²) < 4.78 is 40.8. The summed E-state index contributed by atoms with van der Waals surface area (Å²) in [5, 5.41) is 13.7. The molecule has 0 saturated heterocycles. The van der Waals surface area contributed by atoms with Crippen LogP contribution in [0.4, 0.5) is 19.0 Å². The summed E-state index contributed by atoms with van der Waals surface area (Å²) in [5.74, 6) is 0.465. The van der Waals surface area contributed by atoms with Crippen molar-refractivity contribution >= 4 is 17.9 Å². The molecule has 154 valence electrons. The smallest absolute Gasteiger partial charge is 0.312 e. The van der Waals surface area contributed by atoms with Gasteiger partial charge in [0.1, 0.15) is 0 Å². The molecule has 3 aromatic heterocycles. The molecule has 0 unspecified atom stereocenters. The van der Waals surface area contributed by atoms with Gasteiger partial charge in [-0.1, -0.05) is 18.2 Å². The highest BCUT2D eigenvalue weighted by molar-refractivity contribution is 5.68. The normalized spacial score (nSPS) is 11.0. The highest BCUT2D eigenvalue weighted by atomic mass is 19.4. The number of amides is 1. The van der Waals surface area contributed by atoms with Crippen LogP contribution < -0.4 is 5.32 Å². The molecule has 0 bridgehead atoms. The number of rotatable bonds is 3. The average molecular weight is 414 g/mol. The number of aryl methyl sites for hydroxylation is 2. The number of carbonyl (C=O) groups excluding carboxylic acids is 1. The minimum atomic E-state index is -4.41. The molecule has 3 heterocycles. The van der Waals surface area contributed by atoms with Gasteiger partial charge in [-0.2, -0.15) is 23.4 Å². The zero-order valence-corrected chi connectivity index (χ0v) is 16.1. The average Bonchev–Trinajstić information content (AvgIpc) is 3.02. The Balaban J connectivity index is 0.000000239. The van der Waals surface area contributed by atoms with E-state index in [4.69, 9.17) is 0 Å². The van der Waals surface area contributed by atoms with Crippen LogP contribution in [0.3, 0.4) is 0 Å². The van der Waals surface area contributed by atoms with Crippen LogP contribution in [0.1, 0.15) is 16.8 Å². The van der Waals surface area contributed by atoms with Crippen LogP contribution >= 0.6 is 0 Å². The maximum absolute atomic E-state index is 13.1. The molecule has 10 heteroatoms. The Labute approximate surface area is 169 Å². The van der Waals surface area contributed by atoms with E-state index in [2.05, 4.69) is 25.6 Å². The molecule has 7 nitrogen and oxygen atoms in total. The number of nitrogens with zero attached hydrogens (tertiary/aromatic N) is 5. The van der Waals surface area contributed by atoms with E-state index in [1.165, 1.54) is 18.3 Å². The monoisotopic (exact) mass is 414 g/mol. The zero-order chi connectivity index (χ0) is 21.7. The third-order valence-electron chi connectivity index (χ3n) is 4.24. The van der Waals surface area contributed by atoms with Gasteiger partial charge in [0.2, 0.25) is 6.41 Å². The Hall–Kier alpha value is -3.82. The Morgan fingerprint density at radius 2 is 1.83 bits per heavy atom. The fraction of sp³-hybridized carbons (Fsp3) is 0.150. The molecule has 1 amide bonds. The van der Waals surface area contributed by atoms with Gasteiger partial charge in [-0.05, 0) is 38.1 Å². The SMILES string of the molecule is Cc1nn2ccc(-c3ccccc3C(F)(F)F)nc2c1C.O=CNc1cccnn1. The van der Waals surface area contributed by atoms with E-state index < -0.39 is 11.7 Å². The summed E-state index contributed by atoms with van der Waals surface area (Å²) >= 11 is 0. The fourth-order valence-electron chi connectivity index (χ4n) is 2.69. The largest absolute Gasteiger partial charge is 0.417 e. The first-order valence-corrected chi connectivity index (χ1v) is 8.78. The van der Waals surface area contributed by atoms with Crippen molar-refractivity contribution in [1.29, 1.82) is 0 Å². The Kier molecular flexibility index (Phi) is 6.05. The first-order chi connectivity index (χ1) is 14.3. The van der Waals surface area contributed by atoms with E-state index in [0.717, 1.165) is 17.3 Å². The van der Waals surface area contributed by atoms with Crippen LogP contribution in [0.5, 0.6) is 0 Å². The summed E-state index contributed by atoms with van der Waals surface area (Å²) in [5.41, 5.74) is 1.92. The van der Waals surface area contributed by atoms with Gasteiger partial charge < -0.3 is 5.32 Å². The molecule has 0 spiro atoms. The predicted molar refractivity (Wildman–Crippen MR) is 105 cm³/mol. The molecule has 0 saturated carbocycles. The third-order valence-corrected chi connectivity index (χ3v) is 4.24. The van der Waals surface area contributed by atoms with Crippen molar-refractivity contribution in [3.05, 3.63) is 71.7 Å². The molecule has 0 aliphatic carbocycles. The van der Waals surface area contributed by atoms with Crippen LogP contribution in [0.2, 0.25) is 0 Å². The van der Waals surface area contributed by atoms with Crippen LogP contribution in [-0.2, 0) is 11.0 Å². The van der Waals surface area contributed by atoms with Crippen molar-refractivity contribution in [2.45, 2.75) is 20.0 Å². The van der Waals surface area contributed by atoms with Gasteiger partial charge in [0.05, 0.1) is 17.0 Å². The Bertz CT molecular complexity index is 1160.